The maximum Gasteiger partial charge on any atom is 0.219 e. The molecule has 1 saturated carbocycles. The van der Waals surface area contributed by atoms with Crippen molar-refractivity contribution >= 4 is 33.7 Å². The third-order valence-corrected chi connectivity index (χ3v) is 5.52. The van der Waals surface area contributed by atoms with E-state index in [0.717, 1.165) is 22.2 Å². The molecule has 4 rings (SSSR count). The minimum Gasteiger partial charge on any atom is -0.382 e. The molecule has 26 heavy (non-hydrogen) atoms. The van der Waals surface area contributed by atoms with Crippen molar-refractivity contribution in [2.75, 3.05) is 12.3 Å². The summed E-state index contributed by atoms with van der Waals surface area (Å²) in [5, 5.41) is 1.03. The van der Waals surface area contributed by atoms with Crippen LogP contribution in [0.4, 0.5) is 5.82 Å². The number of carbonyl (C=O) groups is 1. The molecule has 1 aliphatic rings. The lowest BCUT2D eigenvalue weighted by molar-refractivity contribution is -0.129. The Morgan fingerprint density at radius 2 is 2.08 bits per heavy atom. The summed E-state index contributed by atoms with van der Waals surface area (Å²) in [4.78, 5) is 26.0. The predicted octanol–water partition coefficient (Wildman–Crippen LogP) is 3.72. The van der Waals surface area contributed by atoms with E-state index in [1.807, 2.05) is 6.92 Å². The Morgan fingerprint density at radius 3 is 2.77 bits per heavy atom. The number of pyridine rings is 1. The van der Waals surface area contributed by atoms with Crippen molar-refractivity contribution in [2.24, 2.45) is 0 Å². The zero-order valence-electron chi connectivity index (χ0n) is 15.4. The summed E-state index contributed by atoms with van der Waals surface area (Å²) in [5.74, 6) is 1.84. The van der Waals surface area contributed by atoms with E-state index in [2.05, 4.69) is 33.2 Å². The highest BCUT2D eigenvalue weighted by Gasteiger charge is 2.19. The van der Waals surface area contributed by atoms with Crippen LogP contribution in [0.25, 0.3) is 21.9 Å². The van der Waals surface area contributed by atoms with E-state index in [1.165, 1.54) is 31.2 Å². The molecule has 0 atom stereocenters. The van der Waals surface area contributed by atoms with Crippen molar-refractivity contribution in [3.05, 3.63) is 29.6 Å². The highest BCUT2D eigenvalue weighted by molar-refractivity contribution is 6.06. The van der Waals surface area contributed by atoms with Crippen molar-refractivity contribution in [1.29, 1.82) is 0 Å². The first-order chi connectivity index (χ1) is 12.6. The lowest BCUT2D eigenvalue weighted by atomic mass is 9.96. The van der Waals surface area contributed by atoms with E-state index in [4.69, 9.17) is 5.73 Å². The molecule has 3 N–H and O–H groups in total. The van der Waals surface area contributed by atoms with Crippen molar-refractivity contribution < 1.29 is 4.79 Å². The summed E-state index contributed by atoms with van der Waals surface area (Å²) in [6, 6.07) is 6.52. The molecule has 1 aliphatic carbocycles. The topological polar surface area (TPSA) is 87.9 Å². The Balaban J connectivity index is 1.77. The number of carbonyl (C=O) groups excluding carboxylic acids is 1. The normalized spacial score (nSPS) is 15.2. The van der Waals surface area contributed by atoms with Crippen LogP contribution >= 0.6 is 0 Å². The van der Waals surface area contributed by atoms with E-state index in [9.17, 15) is 4.79 Å². The van der Waals surface area contributed by atoms with Gasteiger partial charge in [-0.05, 0) is 37.3 Å². The van der Waals surface area contributed by atoms with Gasteiger partial charge < -0.3 is 15.6 Å². The van der Waals surface area contributed by atoms with Gasteiger partial charge in [0, 0.05) is 18.9 Å². The van der Waals surface area contributed by atoms with Gasteiger partial charge in [-0.2, -0.15) is 0 Å². The first kappa shape index (κ1) is 16.8. The van der Waals surface area contributed by atoms with Crippen LogP contribution in [0.5, 0.6) is 0 Å². The number of aromatic amines is 1. The molecular formula is C20H25N5O. The molecule has 1 fully saturated rings. The maximum absolute atomic E-state index is 11.7. The molecule has 0 saturated heterocycles. The first-order valence-electron chi connectivity index (χ1n) is 9.40. The summed E-state index contributed by atoms with van der Waals surface area (Å²) in [7, 11) is 0. The predicted molar refractivity (Wildman–Crippen MR) is 104 cm³/mol. The largest absolute Gasteiger partial charge is 0.382 e. The molecule has 2 aromatic heterocycles. The van der Waals surface area contributed by atoms with Gasteiger partial charge in [-0.1, -0.05) is 25.0 Å². The molecule has 6 heteroatoms. The van der Waals surface area contributed by atoms with Crippen LogP contribution in [0.1, 0.15) is 56.8 Å². The lowest BCUT2D eigenvalue weighted by Gasteiger charge is -2.16. The van der Waals surface area contributed by atoms with Gasteiger partial charge >= 0.3 is 0 Å². The number of nitrogens with zero attached hydrogens (tertiary/aromatic N) is 3. The number of amides is 1. The average Bonchev–Trinajstić information content (AvgIpc) is 3.29. The molecule has 1 aromatic carbocycles. The Morgan fingerprint density at radius 1 is 1.31 bits per heavy atom. The van der Waals surface area contributed by atoms with Gasteiger partial charge in [-0.25, -0.2) is 9.97 Å². The van der Waals surface area contributed by atoms with E-state index in [-0.39, 0.29) is 5.91 Å². The molecule has 3 aromatic rings. The van der Waals surface area contributed by atoms with Gasteiger partial charge in [0.05, 0.1) is 17.6 Å². The zero-order valence-corrected chi connectivity index (χ0v) is 15.4. The highest BCUT2D eigenvalue weighted by Crippen LogP contribution is 2.36. The Hall–Kier alpha value is -2.63. The van der Waals surface area contributed by atoms with Crippen LogP contribution in [0.15, 0.2) is 18.2 Å². The quantitative estimate of drug-likeness (QED) is 0.750. The van der Waals surface area contributed by atoms with Gasteiger partial charge in [0.2, 0.25) is 5.91 Å². The number of benzene rings is 1. The van der Waals surface area contributed by atoms with E-state index >= 15 is 0 Å². The minimum atomic E-state index is 0.0325. The molecule has 0 bridgehead atoms. The lowest BCUT2D eigenvalue weighted by Crippen LogP contribution is -2.28. The number of hydrogen-bond donors (Lipinski definition) is 2. The molecule has 0 radical (unpaired) electrons. The van der Waals surface area contributed by atoms with E-state index in [0.29, 0.717) is 30.3 Å². The summed E-state index contributed by atoms with van der Waals surface area (Å²) >= 11 is 0. The SMILES string of the molecule is CCN(Cc1nc2c(N)nc3cc(C4CCCC4)ccc3c2[nH]1)C(C)=O. The van der Waals surface area contributed by atoms with Crippen molar-refractivity contribution in [3.63, 3.8) is 0 Å². The van der Waals surface area contributed by atoms with Crippen molar-refractivity contribution in [3.8, 4) is 0 Å². The van der Waals surface area contributed by atoms with Crippen LogP contribution in [0, 0.1) is 0 Å². The van der Waals surface area contributed by atoms with Crippen LogP contribution in [-0.4, -0.2) is 32.3 Å². The second-order valence-electron chi connectivity index (χ2n) is 7.20. The van der Waals surface area contributed by atoms with Crippen LogP contribution < -0.4 is 5.73 Å². The standard InChI is InChI=1S/C20H25N5O/c1-3-25(12(2)26)11-17-23-18-15-9-8-14(13-6-4-5-7-13)10-16(15)22-20(21)19(18)24-17/h8-10,13H,3-7,11H2,1-2H3,(H2,21,22)(H,23,24). The highest BCUT2D eigenvalue weighted by atomic mass is 16.2. The van der Waals surface area contributed by atoms with E-state index in [1.54, 1.807) is 11.8 Å². The third-order valence-electron chi connectivity index (χ3n) is 5.52. The fraction of sp³-hybridized carbons (Fsp3) is 0.450. The van der Waals surface area contributed by atoms with Crippen molar-refractivity contribution in [1.82, 2.24) is 19.9 Å². The second-order valence-corrected chi connectivity index (χ2v) is 7.20. The van der Waals surface area contributed by atoms with Gasteiger partial charge in [0.25, 0.3) is 0 Å². The number of imidazole rings is 1. The second kappa shape index (κ2) is 6.59. The monoisotopic (exact) mass is 351 g/mol. The number of aromatic nitrogens is 3. The number of rotatable bonds is 4. The summed E-state index contributed by atoms with van der Waals surface area (Å²) in [6.45, 7) is 4.62. The molecule has 1 amide bonds. The average molecular weight is 351 g/mol. The minimum absolute atomic E-state index is 0.0325. The van der Waals surface area contributed by atoms with Gasteiger partial charge in [-0.3, -0.25) is 4.79 Å². The molecule has 0 unspecified atom stereocenters. The van der Waals surface area contributed by atoms with Crippen molar-refractivity contribution in [2.45, 2.75) is 52.0 Å². The number of H-pyrrole nitrogens is 1. The number of nitrogen functional groups attached to an aromatic ring is 1. The Kier molecular flexibility index (Phi) is 4.26. The molecular weight excluding hydrogens is 326 g/mol. The Bertz CT molecular complexity index is 971. The molecule has 0 aliphatic heterocycles. The number of anilines is 1. The smallest absolute Gasteiger partial charge is 0.219 e. The van der Waals surface area contributed by atoms with Gasteiger partial charge in [0.15, 0.2) is 5.82 Å². The van der Waals surface area contributed by atoms with Crippen LogP contribution in [0.3, 0.4) is 0 Å². The number of fused-ring (bicyclic) bond motifs is 3. The molecule has 6 nitrogen and oxygen atoms in total. The summed E-state index contributed by atoms with van der Waals surface area (Å²) < 4.78 is 0. The van der Waals surface area contributed by atoms with E-state index < -0.39 is 0 Å². The molecule has 136 valence electrons. The van der Waals surface area contributed by atoms with Crippen LogP contribution in [0.2, 0.25) is 0 Å². The maximum atomic E-state index is 11.7. The van der Waals surface area contributed by atoms with Gasteiger partial charge in [0.1, 0.15) is 11.3 Å². The molecule has 2 heterocycles. The summed E-state index contributed by atoms with van der Waals surface area (Å²) in [6.07, 6.45) is 5.14. The molecule has 0 spiro atoms. The van der Waals surface area contributed by atoms with Gasteiger partial charge in [-0.15, -0.1) is 0 Å². The number of nitrogens with two attached hydrogens (primary N) is 1. The fourth-order valence-corrected chi connectivity index (χ4v) is 4.05. The number of nitrogens with one attached hydrogen (secondary N) is 1. The first-order valence-corrected chi connectivity index (χ1v) is 9.40. The zero-order chi connectivity index (χ0) is 18.3. The fourth-order valence-electron chi connectivity index (χ4n) is 4.05. The summed E-state index contributed by atoms with van der Waals surface area (Å²) in [5.41, 5.74) is 10.0. The Labute approximate surface area is 152 Å². The third kappa shape index (κ3) is 2.89. The van der Waals surface area contributed by atoms with Crippen LogP contribution in [-0.2, 0) is 11.3 Å². The number of hydrogen-bond acceptors (Lipinski definition) is 4.